The molecule has 0 aromatic heterocycles. The lowest BCUT2D eigenvalue weighted by Gasteiger charge is -2.61. The van der Waals surface area contributed by atoms with E-state index in [4.69, 9.17) is 0 Å². The highest BCUT2D eigenvalue weighted by atomic mass is 127. The lowest BCUT2D eigenvalue weighted by Crippen LogP contribution is -2.65. The van der Waals surface area contributed by atoms with Crippen LogP contribution in [0.4, 0.5) is 0 Å². The van der Waals surface area contributed by atoms with Gasteiger partial charge in [0.25, 0.3) is 0 Å². The predicted octanol–water partition coefficient (Wildman–Crippen LogP) is 1.68. The maximum atomic E-state index is 10.4. The van der Waals surface area contributed by atoms with Crippen LogP contribution in [0.5, 0.6) is 0 Å². The maximum absolute atomic E-state index is 10.4. The van der Waals surface area contributed by atoms with E-state index in [0.29, 0.717) is 17.8 Å². The van der Waals surface area contributed by atoms with Gasteiger partial charge in [0.15, 0.2) is 0 Å². The number of aliphatic hydroxyl groups is 2. The molecule has 13 heavy (non-hydrogen) atoms. The smallest absolute Gasteiger partial charge is 0.146 e. The minimum atomic E-state index is -0.835. The van der Waals surface area contributed by atoms with Gasteiger partial charge in [0.2, 0.25) is 0 Å². The second-order valence-electron chi connectivity index (χ2n) is 5.25. The standard InChI is InChI=1S/C10H15IO2/c11-10(13)8-2-6-1-7(3-8)5-9(10,12)4-6/h6-8,12-13H,1-5H2. The largest absolute Gasteiger partial charge is 0.386 e. The first-order valence-electron chi connectivity index (χ1n) is 5.15. The molecule has 4 aliphatic rings. The molecule has 0 saturated heterocycles. The minimum absolute atomic E-state index is 0.351. The van der Waals surface area contributed by atoms with Gasteiger partial charge in [-0.3, -0.25) is 0 Å². The maximum Gasteiger partial charge on any atom is 0.146 e. The highest BCUT2D eigenvalue weighted by molar-refractivity contribution is 14.1. The van der Waals surface area contributed by atoms with Gasteiger partial charge in [-0.15, -0.1) is 0 Å². The van der Waals surface area contributed by atoms with Crippen LogP contribution in [0.25, 0.3) is 0 Å². The summed E-state index contributed by atoms with van der Waals surface area (Å²) in [7, 11) is 0. The van der Waals surface area contributed by atoms with Crippen LogP contribution < -0.4 is 0 Å². The lowest BCUT2D eigenvalue weighted by molar-refractivity contribution is -0.213. The number of rotatable bonds is 0. The second kappa shape index (κ2) is 2.42. The number of hydrogen-bond acceptors (Lipinski definition) is 2. The van der Waals surface area contributed by atoms with Gasteiger partial charge in [-0.2, -0.15) is 0 Å². The van der Waals surface area contributed by atoms with Crippen molar-refractivity contribution in [3.05, 3.63) is 0 Å². The molecular weight excluding hydrogens is 279 g/mol. The summed E-state index contributed by atoms with van der Waals surface area (Å²) in [4.78, 5) is 0. The summed E-state index contributed by atoms with van der Waals surface area (Å²) in [6, 6.07) is 0. The third kappa shape index (κ3) is 1.01. The SMILES string of the molecule is OC12CC3CC(CC(C3)C1(O)I)C2. The van der Waals surface area contributed by atoms with Crippen LogP contribution in [-0.4, -0.2) is 19.4 Å². The zero-order valence-electron chi connectivity index (χ0n) is 7.54. The molecule has 3 heteroatoms. The molecule has 4 rings (SSSR count). The molecule has 0 spiro atoms. The first-order chi connectivity index (χ1) is 6.01. The van der Waals surface area contributed by atoms with Crippen molar-refractivity contribution in [2.45, 2.75) is 41.3 Å². The Labute approximate surface area is 91.9 Å². The molecule has 0 heterocycles. The van der Waals surface area contributed by atoms with E-state index in [-0.39, 0.29) is 0 Å². The molecule has 74 valence electrons. The van der Waals surface area contributed by atoms with E-state index in [1.807, 2.05) is 0 Å². The van der Waals surface area contributed by atoms with Gasteiger partial charge >= 0.3 is 0 Å². The van der Waals surface area contributed by atoms with Gasteiger partial charge in [-0.05, 0) is 66.5 Å². The summed E-state index contributed by atoms with van der Waals surface area (Å²) in [6.45, 7) is 0. The van der Waals surface area contributed by atoms with Crippen LogP contribution in [0.1, 0.15) is 32.1 Å². The summed E-state index contributed by atoms with van der Waals surface area (Å²) in [5.41, 5.74) is -0.762. The Morgan fingerprint density at radius 1 is 1.00 bits per heavy atom. The van der Waals surface area contributed by atoms with E-state index in [2.05, 4.69) is 22.6 Å². The fourth-order valence-electron chi connectivity index (χ4n) is 3.92. The van der Waals surface area contributed by atoms with E-state index < -0.39 is 9.21 Å². The molecule has 4 bridgehead atoms. The van der Waals surface area contributed by atoms with Gasteiger partial charge in [-0.1, -0.05) is 0 Å². The van der Waals surface area contributed by atoms with E-state index in [1.165, 1.54) is 6.42 Å². The van der Waals surface area contributed by atoms with Crippen molar-refractivity contribution in [2.75, 3.05) is 0 Å². The molecule has 4 fully saturated rings. The normalized spacial score (nSPS) is 64.4. The molecule has 0 radical (unpaired) electrons. The molecule has 2 N–H and O–H groups in total. The van der Waals surface area contributed by atoms with Gasteiger partial charge in [0.1, 0.15) is 9.21 Å². The Morgan fingerprint density at radius 3 is 2.00 bits per heavy atom. The topological polar surface area (TPSA) is 40.5 Å². The molecular formula is C10H15IO2. The Balaban J connectivity index is 2.03. The summed E-state index contributed by atoms with van der Waals surface area (Å²) < 4.78 is -0.835. The summed E-state index contributed by atoms with van der Waals surface area (Å²) in [5, 5.41) is 20.7. The molecule has 4 saturated carbocycles. The van der Waals surface area contributed by atoms with Crippen LogP contribution in [0.15, 0.2) is 0 Å². The van der Waals surface area contributed by atoms with Crippen LogP contribution in [-0.2, 0) is 0 Å². The quantitative estimate of drug-likeness (QED) is 0.527. The molecule has 4 aliphatic carbocycles. The molecule has 0 aromatic rings. The van der Waals surface area contributed by atoms with Crippen molar-refractivity contribution >= 4 is 22.6 Å². The number of hydrogen-bond donors (Lipinski definition) is 2. The first kappa shape index (κ1) is 8.92. The van der Waals surface area contributed by atoms with E-state index in [1.54, 1.807) is 0 Å². The predicted molar refractivity (Wildman–Crippen MR) is 57.5 cm³/mol. The molecule has 0 aliphatic heterocycles. The average molecular weight is 294 g/mol. The van der Waals surface area contributed by atoms with Crippen molar-refractivity contribution in [3.63, 3.8) is 0 Å². The van der Waals surface area contributed by atoms with Gasteiger partial charge < -0.3 is 10.2 Å². The van der Waals surface area contributed by atoms with Crippen molar-refractivity contribution in [3.8, 4) is 0 Å². The third-order valence-electron chi connectivity index (χ3n) is 4.35. The Morgan fingerprint density at radius 2 is 1.54 bits per heavy atom. The summed E-state index contributed by atoms with van der Waals surface area (Å²) in [5.74, 6) is 1.74. The van der Waals surface area contributed by atoms with Crippen molar-refractivity contribution < 1.29 is 10.2 Å². The number of halogens is 1. The van der Waals surface area contributed by atoms with Gasteiger partial charge in [-0.25, -0.2) is 0 Å². The number of alkyl halides is 1. The fraction of sp³-hybridized carbons (Fsp3) is 1.00. The van der Waals surface area contributed by atoms with Crippen molar-refractivity contribution in [2.24, 2.45) is 17.8 Å². The lowest BCUT2D eigenvalue weighted by atomic mass is 9.53. The van der Waals surface area contributed by atoms with Crippen molar-refractivity contribution in [1.82, 2.24) is 0 Å². The van der Waals surface area contributed by atoms with Crippen LogP contribution in [0.2, 0.25) is 0 Å². The van der Waals surface area contributed by atoms with Crippen LogP contribution in [0.3, 0.4) is 0 Å². The third-order valence-corrected chi connectivity index (χ3v) is 6.23. The van der Waals surface area contributed by atoms with Gasteiger partial charge in [0, 0.05) is 5.92 Å². The molecule has 2 nitrogen and oxygen atoms in total. The van der Waals surface area contributed by atoms with Crippen LogP contribution in [0, 0.1) is 17.8 Å². The molecule has 0 amide bonds. The van der Waals surface area contributed by atoms with E-state index >= 15 is 0 Å². The summed E-state index contributed by atoms with van der Waals surface area (Å²) >= 11 is 2.08. The molecule has 3 atom stereocenters. The monoisotopic (exact) mass is 294 g/mol. The van der Waals surface area contributed by atoms with E-state index in [0.717, 1.165) is 25.7 Å². The Bertz CT molecular complexity index is 237. The zero-order valence-corrected chi connectivity index (χ0v) is 9.70. The summed E-state index contributed by atoms with van der Waals surface area (Å²) in [6.07, 6.45) is 5.24. The van der Waals surface area contributed by atoms with Crippen molar-refractivity contribution in [1.29, 1.82) is 0 Å². The van der Waals surface area contributed by atoms with E-state index in [9.17, 15) is 10.2 Å². The highest BCUT2D eigenvalue weighted by Crippen LogP contribution is 2.62. The zero-order chi connectivity index (χ0) is 9.27. The Kier molecular flexibility index (Phi) is 1.66. The Hall–Kier alpha value is 0.650. The fourth-order valence-corrected chi connectivity index (χ4v) is 4.86. The van der Waals surface area contributed by atoms with Gasteiger partial charge in [0.05, 0.1) is 0 Å². The molecule has 3 unspecified atom stereocenters. The minimum Gasteiger partial charge on any atom is -0.386 e. The average Bonchev–Trinajstić information content (AvgIpc) is 1.99. The van der Waals surface area contributed by atoms with Crippen LogP contribution >= 0.6 is 22.6 Å². The molecule has 0 aromatic carbocycles. The second-order valence-corrected chi connectivity index (χ2v) is 6.89. The first-order valence-corrected chi connectivity index (χ1v) is 6.23. The highest BCUT2D eigenvalue weighted by Gasteiger charge is 2.63.